The van der Waals surface area contributed by atoms with Crippen LogP contribution in [0.15, 0.2) is 77.9 Å². The van der Waals surface area contributed by atoms with Crippen LogP contribution in [0.3, 0.4) is 0 Å². The lowest BCUT2D eigenvalue weighted by atomic mass is 10.0. The number of aliphatic carboxylic acids is 2. The maximum atomic E-state index is 13.4. The van der Waals surface area contributed by atoms with Gasteiger partial charge in [-0.2, -0.15) is 4.57 Å². The lowest BCUT2D eigenvalue weighted by Crippen LogP contribution is -2.71. The number of aromatic nitrogens is 5. The number of anilines is 1. The van der Waals surface area contributed by atoms with Crippen molar-refractivity contribution in [1.82, 2.24) is 30.4 Å². The van der Waals surface area contributed by atoms with Crippen LogP contribution in [0.5, 0.6) is 5.75 Å². The van der Waals surface area contributed by atoms with Crippen LogP contribution >= 0.6 is 46.6 Å². The van der Waals surface area contributed by atoms with Gasteiger partial charge in [-0.15, -0.1) is 45.1 Å². The number of thioether (sulfide) groups is 3. The molecule has 0 aromatic carbocycles. The van der Waals surface area contributed by atoms with Gasteiger partial charge in [-0.05, 0) is 5.57 Å². The first-order valence-electron chi connectivity index (χ1n) is 14.8. The molecule has 23 heteroatoms. The molecule has 0 radical (unpaired) electrons. The van der Waals surface area contributed by atoms with Crippen molar-refractivity contribution < 1.29 is 48.3 Å². The number of carbonyl (C=O) groups is 4. The van der Waals surface area contributed by atoms with Crippen molar-refractivity contribution in [2.45, 2.75) is 28.1 Å². The number of carbonyl (C=O) groups excluding carboxylic acids is 3. The first-order valence-corrected chi connectivity index (χ1v) is 18.7. The summed E-state index contributed by atoms with van der Waals surface area (Å²) in [4.78, 5) is 75.5. The summed E-state index contributed by atoms with van der Waals surface area (Å²) in [5, 5.41) is 45.9. The van der Waals surface area contributed by atoms with Gasteiger partial charge in [0.2, 0.25) is 12.0 Å². The second-order valence-corrected chi connectivity index (χ2v) is 14.7. The third-order valence-corrected chi connectivity index (χ3v) is 11.1. The van der Waals surface area contributed by atoms with Crippen LogP contribution < -0.4 is 26.2 Å². The van der Waals surface area contributed by atoms with Gasteiger partial charge in [0.15, 0.2) is 29.0 Å². The van der Waals surface area contributed by atoms with Crippen molar-refractivity contribution in [3.05, 3.63) is 69.4 Å². The van der Waals surface area contributed by atoms with Gasteiger partial charge in [-0.3, -0.25) is 19.3 Å². The van der Waals surface area contributed by atoms with E-state index in [-0.39, 0.29) is 69.5 Å². The number of nitrogens with one attached hydrogen (secondary N) is 2. The summed E-state index contributed by atoms with van der Waals surface area (Å²) < 4.78 is 6.99. The number of aromatic amines is 1. The monoisotopic (exact) mass is 787 g/mol. The molecule has 6 N–H and O–H groups in total. The Kier molecular flexibility index (Phi) is 11.1. The Hall–Kier alpha value is -5.39. The van der Waals surface area contributed by atoms with Gasteiger partial charge in [0, 0.05) is 51.9 Å². The maximum absolute atomic E-state index is 13.4. The Labute approximate surface area is 308 Å². The van der Waals surface area contributed by atoms with Gasteiger partial charge >= 0.3 is 5.97 Å². The first kappa shape index (κ1) is 36.4. The molecular formula is C29H25N9O10S4. The van der Waals surface area contributed by atoms with Crippen LogP contribution in [0.25, 0.3) is 11.6 Å². The van der Waals surface area contributed by atoms with Crippen molar-refractivity contribution in [1.29, 1.82) is 0 Å². The second kappa shape index (κ2) is 15.9. The number of H-pyrrole nitrogens is 1. The zero-order valence-corrected chi connectivity index (χ0v) is 29.6. The lowest BCUT2D eigenvalue weighted by Gasteiger charge is -2.50. The van der Waals surface area contributed by atoms with E-state index in [0.29, 0.717) is 5.57 Å². The fourth-order valence-corrected chi connectivity index (χ4v) is 8.29. The number of thiazole rings is 1. The number of fused-ring (bicyclic) bond motifs is 1. The van der Waals surface area contributed by atoms with Crippen molar-refractivity contribution in [3.63, 3.8) is 0 Å². The lowest BCUT2D eigenvalue weighted by molar-refractivity contribution is -0.686. The standard InChI is InChI=1S/C29H25N9O10S4/c30-28-32-16(12-52-28)20(36-47-5-6-49-29-35-34-24(48-29)15-7-17(39)18(40)8-31-15)23(43)33-21-25(44)38-22(27(45)46)13(11-51-26(21)38)10-50-14-1-3-37(4-2-14)9-19(41)42/h1-4,7-8,12,21,26H,5-6,9-11H2,(H6-,30,31,32,33,34,36,39,40,41,42,43,45,46)/t21-,26-/m1/s1. The molecule has 4 aromatic heterocycles. The van der Waals surface area contributed by atoms with Crippen molar-refractivity contribution in [3.8, 4) is 17.3 Å². The van der Waals surface area contributed by atoms with E-state index in [1.165, 1.54) is 33.5 Å². The topological polar surface area (TPSA) is 283 Å². The maximum Gasteiger partial charge on any atom is 0.370 e. The Balaban J connectivity index is 1.06. The largest absolute Gasteiger partial charge is 0.543 e. The van der Waals surface area contributed by atoms with Gasteiger partial charge in [0.25, 0.3) is 22.9 Å². The van der Waals surface area contributed by atoms with Crippen molar-refractivity contribution >= 4 is 81.2 Å². The predicted molar refractivity (Wildman–Crippen MR) is 184 cm³/mol. The third-order valence-electron chi connectivity index (χ3n) is 7.18. The zero-order chi connectivity index (χ0) is 36.9. The Morgan fingerprint density at radius 2 is 2.04 bits per heavy atom. The number of carboxylic acid groups (broad SMARTS) is 2. The van der Waals surface area contributed by atoms with Gasteiger partial charge in [0.1, 0.15) is 29.4 Å². The molecule has 6 rings (SSSR count). The Morgan fingerprint density at radius 1 is 1.25 bits per heavy atom. The number of hydrogen-bond donors (Lipinski definition) is 5. The van der Waals surface area contributed by atoms with E-state index >= 15 is 0 Å². The van der Waals surface area contributed by atoms with Crippen LogP contribution in [0, 0.1) is 0 Å². The minimum absolute atomic E-state index is 0.0250. The van der Waals surface area contributed by atoms with Gasteiger partial charge in [-0.25, -0.2) is 9.78 Å². The number of pyridine rings is 2. The van der Waals surface area contributed by atoms with Crippen LogP contribution in [-0.2, 0) is 30.6 Å². The number of nitrogens with two attached hydrogens (primary N) is 1. The molecule has 2 aliphatic heterocycles. The Morgan fingerprint density at radius 3 is 2.73 bits per heavy atom. The number of β-lactam (4-membered cyclic amide) rings is 1. The van der Waals surface area contributed by atoms with E-state index in [0.717, 1.165) is 45.2 Å². The van der Waals surface area contributed by atoms with E-state index < -0.39 is 46.3 Å². The molecule has 1 fully saturated rings. The number of nitrogens with zero attached hydrogens (tertiary/aromatic N) is 6. The van der Waals surface area contributed by atoms with E-state index in [1.807, 2.05) is 0 Å². The summed E-state index contributed by atoms with van der Waals surface area (Å²) in [5.74, 6) is -3.66. The second-order valence-electron chi connectivity index (χ2n) is 10.7. The third kappa shape index (κ3) is 8.22. The van der Waals surface area contributed by atoms with Crippen LogP contribution in [0.1, 0.15) is 5.69 Å². The quantitative estimate of drug-likeness (QED) is 0.0247. The van der Waals surface area contributed by atoms with Gasteiger partial charge in [-0.1, -0.05) is 16.9 Å². The number of aromatic hydroxyl groups is 1. The summed E-state index contributed by atoms with van der Waals surface area (Å²) in [7, 11) is 0. The molecule has 1 saturated heterocycles. The highest BCUT2D eigenvalue weighted by Gasteiger charge is 2.53. The summed E-state index contributed by atoms with van der Waals surface area (Å²) in [6.07, 6.45) is 4.30. The number of carboxylic acids is 2. The number of nitrogen functional groups attached to an aromatic ring is 1. The van der Waals surface area contributed by atoms with Crippen LogP contribution in [-0.4, -0.2) is 100 Å². The van der Waals surface area contributed by atoms with Crippen molar-refractivity contribution in [2.24, 2.45) is 5.16 Å². The summed E-state index contributed by atoms with van der Waals surface area (Å²) >= 11 is 4.76. The molecular weight excluding hydrogens is 763 g/mol. The molecule has 2 atom stereocenters. The molecule has 6 heterocycles. The number of hydrogen-bond acceptors (Lipinski definition) is 18. The fraction of sp³-hybridized carbons (Fsp3) is 0.241. The van der Waals surface area contributed by atoms with Gasteiger partial charge < -0.3 is 45.4 Å². The molecule has 19 nitrogen and oxygen atoms in total. The fourth-order valence-electron chi connectivity index (χ4n) is 4.81. The molecule has 0 unspecified atom stereocenters. The molecule has 270 valence electrons. The SMILES string of the molecule is Nc1nc(/C(=N/OCCSc2nnc(-c3cc(=O)c(O)c[nH]3)o2)C(=O)N[C@@H]2C(=O)N3C(C(=O)[O-])=C(CSc4cc[n+](CC(=O)O)cc4)CS[C@H]23)cs1. The minimum atomic E-state index is -1.52. The van der Waals surface area contributed by atoms with E-state index in [9.17, 15) is 34.2 Å². The summed E-state index contributed by atoms with van der Waals surface area (Å²) in [5.41, 5.74) is 5.41. The predicted octanol–water partition coefficient (Wildman–Crippen LogP) is -0.749. The minimum Gasteiger partial charge on any atom is -0.543 e. The van der Waals surface area contributed by atoms with E-state index in [1.54, 1.807) is 24.5 Å². The molecule has 0 aliphatic carbocycles. The number of oxime groups is 1. The molecule has 0 bridgehead atoms. The van der Waals surface area contributed by atoms with Crippen molar-refractivity contribution in [2.75, 3.05) is 29.6 Å². The molecule has 4 aromatic rings. The molecule has 0 spiro atoms. The van der Waals surface area contributed by atoms with Crippen LogP contribution in [0.4, 0.5) is 5.13 Å². The molecule has 52 heavy (non-hydrogen) atoms. The summed E-state index contributed by atoms with van der Waals surface area (Å²) in [6.45, 7) is -0.232. The number of amides is 2. The molecule has 2 amide bonds. The van der Waals surface area contributed by atoms with Gasteiger partial charge in [0.05, 0.1) is 11.7 Å². The normalized spacial score (nSPS) is 17.0. The average molecular weight is 788 g/mol. The summed E-state index contributed by atoms with van der Waals surface area (Å²) in [6, 6.07) is 3.45. The smallest absolute Gasteiger partial charge is 0.370 e. The van der Waals surface area contributed by atoms with E-state index in [4.69, 9.17) is 20.1 Å². The highest BCUT2D eigenvalue weighted by atomic mass is 32.2. The molecule has 2 aliphatic rings. The average Bonchev–Trinajstić information content (AvgIpc) is 3.77. The molecule has 0 saturated carbocycles. The van der Waals surface area contributed by atoms with E-state index in [2.05, 4.69) is 30.6 Å². The Bertz CT molecular complexity index is 2150. The zero-order valence-electron chi connectivity index (χ0n) is 26.3. The van der Waals surface area contributed by atoms with Crippen LogP contribution in [0.2, 0.25) is 0 Å². The number of rotatable bonds is 15. The highest BCUT2D eigenvalue weighted by Crippen LogP contribution is 2.41. The first-order chi connectivity index (χ1) is 25.0. The highest BCUT2D eigenvalue weighted by molar-refractivity contribution is 8.01.